The Morgan fingerprint density at radius 1 is 1.19 bits per heavy atom. The van der Waals surface area contributed by atoms with Crippen molar-refractivity contribution in [2.45, 2.75) is 63.3 Å². The second-order valence-electron chi connectivity index (χ2n) is 6.45. The van der Waals surface area contributed by atoms with E-state index in [9.17, 15) is 14.7 Å². The van der Waals surface area contributed by atoms with Crippen LogP contribution in [0.5, 0.6) is 0 Å². The van der Waals surface area contributed by atoms with Crippen LogP contribution < -0.4 is 11.2 Å². The highest BCUT2D eigenvalue weighted by atomic mass is 32.2. The normalized spacial score (nSPS) is 12.8. The Balaban J connectivity index is 2.26. The molecule has 0 fully saturated rings. The molecule has 26 heavy (non-hydrogen) atoms. The number of H-pyrrole nitrogens is 1. The second-order valence-corrected chi connectivity index (χ2v) is 7.44. The summed E-state index contributed by atoms with van der Waals surface area (Å²) >= 11 is 1.27. The molecule has 2 heterocycles. The summed E-state index contributed by atoms with van der Waals surface area (Å²) in [6.07, 6.45) is 5.91. The molecule has 0 aromatic carbocycles. The van der Waals surface area contributed by atoms with Crippen molar-refractivity contribution in [3.8, 4) is 0 Å². The Labute approximate surface area is 156 Å². The minimum Gasteiger partial charge on any atom is -0.394 e. The minimum absolute atomic E-state index is 0.266. The average molecular weight is 385 g/mol. The first-order valence-electron chi connectivity index (χ1n) is 9.10. The summed E-state index contributed by atoms with van der Waals surface area (Å²) in [6, 6.07) is 0. The van der Waals surface area contributed by atoms with Gasteiger partial charge in [-0.2, -0.15) is 0 Å². The number of hydrogen-bond acceptors (Lipinski definition) is 6. The molecule has 0 aliphatic heterocycles. The Morgan fingerprint density at radius 3 is 2.58 bits per heavy atom. The molecule has 2 aromatic rings. The van der Waals surface area contributed by atoms with E-state index in [2.05, 4.69) is 16.9 Å². The number of rotatable bonds is 11. The summed E-state index contributed by atoms with van der Waals surface area (Å²) in [6.45, 7) is 2.48. The zero-order valence-electron chi connectivity index (χ0n) is 15.4. The maximum absolute atomic E-state index is 12.3. The number of aliphatic hydroxyl groups is 2. The Hall–Kier alpha value is -1.58. The van der Waals surface area contributed by atoms with E-state index in [1.807, 2.05) is 4.57 Å². The fraction of sp³-hybridized carbons (Fsp3) is 0.706. The number of unbranched alkanes of at least 4 members (excludes halogenated alkanes) is 5. The van der Waals surface area contributed by atoms with E-state index >= 15 is 0 Å². The van der Waals surface area contributed by atoms with Crippen LogP contribution in [0, 0.1) is 0 Å². The maximum atomic E-state index is 12.3. The predicted molar refractivity (Wildman–Crippen MR) is 103 cm³/mol. The fourth-order valence-corrected chi connectivity index (χ4v) is 3.74. The minimum atomic E-state index is -0.857. The van der Waals surface area contributed by atoms with E-state index in [0.717, 1.165) is 19.3 Å². The summed E-state index contributed by atoms with van der Waals surface area (Å²) in [5.41, 5.74) is -0.234. The van der Waals surface area contributed by atoms with Crippen molar-refractivity contribution >= 4 is 22.9 Å². The van der Waals surface area contributed by atoms with Gasteiger partial charge in [0, 0.05) is 19.3 Å². The van der Waals surface area contributed by atoms with Crippen LogP contribution in [0.4, 0.5) is 0 Å². The quantitative estimate of drug-likeness (QED) is 0.397. The number of aromatic amines is 1. The van der Waals surface area contributed by atoms with Crippen molar-refractivity contribution in [2.75, 3.05) is 12.4 Å². The summed E-state index contributed by atoms with van der Waals surface area (Å²) in [4.78, 5) is 30.9. The molecular weight excluding hydrogens is 356 g/mol. The molecule has 0 aliphatic carbocycles. The Kier molecular flexibility index (Phi) is 7.92. The summed E-state index contributed by atoms with van der Waals surface area (Å²) in [5.74, 6) is 0.266. The van der Waals surface area contributed by atoms with Gasteiger partial charge in [-0.15, -0.1) is 0 Å². The van der Waals surface area contributed by atoms with E-state index < -0.39 is 17.4 Å². The van der Waals surface area contributed by atoms with Crippen LogP contribution in [0.15, 0.2) is 14.7 Å². The molecule has 0 radical (unpaired) electrons. The highest BCUT2D eigenvalue weighted by molar-refractivity contribution is 7.99. The molecule has 0 saturated heterocycles. The lowest BCUT2D eigenvalue weighted by Gasteiger charge is -2.10. The van der Waals surface area contributed by atoms with Crippen LogP contribution in [-0.2, 0) is 13.6 Å². The van der Waals surface area contributed by atoms with Crippen LogP contribution in [-0.4, -0.2) is 47.8 Å². The highest BCUT2D eigenvalue weighted by Crippen LogP contribution is 2.23. The highest BCUT2D eigenvalue weighted by Gasteiger charge is 2.18. The molecule has 1 unspecified atom stereocenters. The first-order chi connectivity index (χ1) is 12.5. The number of thioether (sulfide) groups is 1. The number of aliphatic hydroxyl groups excluding tert-OH is 2. The van der Waals surface area contributed by atoms with E-state index in [1.165, 1.54) is 35.6 Å². The van der Waals surface area contributed by atoms with Gasteiger partial charge in [-0.1, -0.05) is 50.8 Å². The van der Waals surface area contributed by atoms with Crippen LogP contribution >= 0.6 is 11.8 Å². The molecule has 8 nitrogen and oxygen atoms in total. The van der Waals surface area contributed by atoms with Gasteiger partial charge in [0.25, 0.3) is 5.56 Å². The smallest absolute Gasteiger partial charge is 0.329 e. The lowest BCUT2D eigenvalue weighted by Crippen LogP contribution is -2.29. The van der Waals surface area contributed by atoms with Gasteiger partial charge in [0.2, 0.25) is 0 Å². The van der Waals surface area contributed by atoms with Gasteiger partial charge in [0.1, 0.15) is 0 Å². The summed E-state index contributed by atoms with van der Waals surface area (Å²) in [5, 5.41) is 19.2. The molecule has 0 amide bonds. The molecule has 3 N–H and O–H groups in total. The number of nitrogens with zero attached hydrogens (tertiary/aromatic N) is 3. The van der Waals surface area contributed by atoms with E-state index in [0.29, 0.717) is 22.9 Å². The van der Waals surface area contributed by atoms with Crippen molar-refractivity contribution in [3.63, 3.8) is 0 Å². The van der Waals surface area contributed by atoms with E-state index in [-0.39, 0.29) is 12.4 Å². The van der Waals surface area contributed by atoms with Crippen molar-refractivity contribution < 1.29 is 10.2 Å². The molecule has 2 aromatic heterocycles. The zero-order chi connectivity index (χ0) is 19.1. The van der Waals surface area contributed by atoms with Gasteiger partial charge in [-0.25, -0.2) is 9.78 Å². The molecule has 2 rings (SSSR count). The van der Waals surface area contributed by atoms with Crippen molar-refractivity contribution in [2.24, 2.45) is 7.05 Å². The molecule has 0 saturated carbocycles. The maximum Gasteiger partial charge on any atom is 0.329 e. The fourth-order valence-electron chi connectivity index (χ4n) is 2.81. The van der Waals surface area contributed by atoms with E-state index in [4.69, 9.17) is 5.11 Å². The third-order valence-electron chi connectivity index (χ3n) is 4.32. The van der Waals surface area contributed by atoms with Gasteiger partial charge in [0.05, 0.1) is 12.7 Å². The molecule has 0 aliphatic rings. The number of hydrogen-bond donors (Lipinski definition) is 3. The van der Waals surface area contributed by atoms with Crippen LogP contribution in [0.25, 0.3) is 11.2 Å². The third kappa shape index (κ3) is 4.99. The van der Waals surface area contributed by atoms with Gasteiger partial charge in [-0.05, 0) is 6.42 Å². The summed E-state index contributed by atoms with van der Waals surface area (Å²) in [7, 11) is 1.57. The monoisotopic (exact) mass is 384 g/mol. The SMILES string of the molecule is CCCCCCCCn1c(SCC(O)CO)nc2c1c(=O)[nH]c(=O)n2C. The van der Waals surface area contributed by atoms with Crippen LogP contribution in [0.1, 0.15) is 45.4 Å². The topological polar surface area (TPSA) is 113 Å². The molecular formula is C17H28N4O4S. The van der Waals surface area contributed by atoms with Gasteiger partial charge in [0.15, 0.2) is 16.3 Å². The lowest BCUT2D eigenvalue weighted by molar-refractivity contribution is 0.113. The van der Waals surface area contributed by atoms with E-state index in [1.54, 1.807) is 7.05 Å². The Bertz CT molecular complexity index is 827. The number of aryl methyl sites for hydroxylation is 2. The zero-order valence-corrected chi connectivity index (χ0v) is 16.2. The second kappa shape index (κ2) is 9.94. The standard InChI is InChI=1S/C17H28N4O4S/c1-3-4-5-6-7-8-9-21-13-14(20(2)16(25)19-15(13)24)18-17(21)26-11-12(23)10-22/h12,22-23H,3-11H2,1-2H3,(H,19,24,25). The average Bonchev–Trinajstić information content (AvgIpc) is 2.99. The largest absolute Gasteiger partial charge is 0.394 e. The molecule has 0 spiro atoms. The number of fused-ring (bicyclic) bond motifs is 1. The molecule has 1 atom stereocenters. The number of nitrogens with one attached hydrogen (secondary N) is 1. The first kappa shape index (κ1) is 20.7. The lowest BCUT2D eigenvalue weighted by atomic mass is 10.1. The number of imidazole rings is 1. The molecule has 146 valence electrons. The van der Waals surface area contributed by atoms with Crippen LogP contribution in [0.2, 0.25) is 0 Å². The predicted octanol–water partition coefficient (Wildman–Crippen LogP) is 1.23. The van der Waals surface area contributed by atoms with Crippen molar-refractivity contribution in [1.29, 1.82) is 0 Å². The Morgan fingerprint density at radius 2 is 1.88 bits per heavy atom. The molecule has 9 heteroatoms. The van der Waals surface area contributed by atoms with Gasteiger partial charge < -0.3 is 14.8 Å². The van der Waals surface area contributed by atoms with Crippen molar-refractivity contribution in [1.82, 2.24) is 19.1 Å². The molecule has 0 bridgehead atoms. The third-order valence-corrected chi connectivity index (χ3v) is 5.44. The summed E-state index contributed by atoms with van der Waals surface area (Å²) < 4.78 is 3.14. The van der Waals surface area contributed by atoms with Gasteiger partial charge in [-0.3, -0.25) is 14.3 Å². The van der Waals surface area contributed by atoms with Crippen molar-refractivity contribution in [3.05, 3.63) is 20.8 Å². The number of aromatic nitrogens is 4. The van der Waals surface area contributed by atoms with Crippen LogP contribution in [0.3, 0.4) is 0 Å². The van der Waals surface area contributed by atoms with Gasteiger partial charge >= 0.3 is 5.69 Å². The first-order valence-corrected chi connectivity index (χ1v) is 10.1.